The molecule has 0 saturated heterocycles. The molecule has 1 aromatic heterocycles. The molecule has 1 nitrogen and oxygen atoms in total. The van der Waals surface area contributed by atoms with Crippen molar-refractivity contribution in [3.8, 4) is 0 Å². The molecule has 0 saturated carbocycles. The Morgan fingerprint density at radius 1 is 1.04 bits per heavy atom. The molecule has 0 fully saturated rings. The summed E-state index contributed by atoms with van der Waals surface area (Å²) in [7, 11) is 2.03. The molecule has 1 unspecified atom stereocenters. The molecule has 1 heterocycles. The lowest BCUT2D eigenvalue weighted by atomic mass is 9.68. The molecule has 3 rings (SSSR count). The topological polar surface area (TPSA) is 4.93 Å². The van der Waals surface area contributed by atoms with Gasteiger partial charge in [0, 0.05) is 29.6 Å². The van der Waals surface area contributed by atoms with Gasteiger partial charge < -0.3 is 4.57 Å². The summed E-state index contributed by atoms with van der Waals surface area (Å²) in [4.78, 5) is 0. The first-order valence-electron chi connectivity index (χ1n) is 8.16. The van der Waals surface area contributed by atoms with E-state index in [2.05, 4.69) is 62.7 Å². The number of hydrogen-bond donors (Lipinski definition) is 0. The average Bonchev–Trinajstić information content (AvgIpc) is 2.83. The molecule has 0 aliphatic rings. The summed E-state index contributed by atoms with van der Waals surface area (Å²) in [6.07, 6.45) is 2.16. The summed E-state index contributed by atoms with van der Waals surface area (Å²) in [5.41, 5.74) is 4.62. The normalized spacial score (nSPS) is 14.4. The Morgan fingerprint density at radius 2 is 1.70 bits per heavy atom. The summed E-state index contributed by atoms with van der Waals surface area (Å²) in [6.45, 7) is 8.84. The first kappa shape index (κ1) is 15.8. The molecule has 0 bridgehead atoms. The van der Waals surface area contributed by atoms with Gasteiger partial charge in [0.25, 0.3) is 0 Å². The molecule has 0 spiro atoms. The van der Waals surface area contributed by atoms with Gasteiger partial charge >= 0.3 is 0 Å². The van der Waals surface area contributed by atoms with Gasteiger partial charge in [-0.2, -0.15) is 0 Å². The number of halogens is 1. The van der Waals surface area contributed by atoms with Crippen LogP contribution in [0.15, 0.2) is 48.7 Å². The van der Waals surface area contributed by atoms with Gasteiger partial charge in [0.1, 0.15) is 5.82 Å². The van der Waals surface area contributed by atoms with Crippen molar-refractivity contribution in [2.75, 3.05) is 0 Å². The van der Waals surface area contributed by atoms with Crippen LogP contribution in [0.4, 0.5) is 4.39 Å². The Morgan fingerprint density at radius 3 is 2.30 bits per heavy atom. The van der Waals surface area contributed by atoms with Gasteiger partial charge in [-0.1, -0.05) is 50.6 Å². The quantitative estimate of drug-likeness (QED) is 0.594. The largest absolute Gasteiger partial charge is 0.350 e. The van der Waals surface area contributed by atoms with E-state index in [9.17, 15) is 4.39 Å². The predicted octanol–water partition coefficient (Wildman–Crippen LogP) is 5.59. The summed E-state index contributed by atoms with van der Waals surface area (Å²) in [6, 6.07) is 13.8. The van der Waals surface area contributed by atoms with E-state index in [4.69, 9.17) is 0 Å². The maximum absolute atomic E-state index is 13.9. The Bertz CT molecular complexity index is 842. The standard InChI is InChI=1S/C21H24FN/c1-14(2)21(4,16-8-6-15(3)7-9-16)19-13-23(5)20-11-10-17(22)12-18(19)20/h6-14H,1-5H3. The highest BCUT2D eigenvalue weighted by Gasteiger charge is 2.35. The zero-order chi connectivity index (χ0) is 16.8. The molecule has 2 aromatic carbocycles. The number of nitrogens with zero attached hydrogens (tertiary/aromatic N) is 1. The van der Waals surface area contributed by atoms with Crippen LogP contribution < -0.4 is 0 Å². The fourth-order valence-electron chi connectivity index (χ4n) is 3.48. The van der Waals surface area contributed by atoms with Crippen molar-refractivity contribution in [2.24, 2.45) is 13.0 Å². The van der Waals surface area contributed by atoms with Crippen LogP contribution in [0.1, 0.15) is 37.5 Å². The van der Waals surface area contributed by atoms with E-state index in [0.717, 1.165) is 10.9 Å². The van der Waals surface area contributed by atoms with E-state index in [0.29, 0.717) is 5.92 Å². The summed E-state index contributed by atoms with van der Waals surface area (Å²) in [5, 5.41) is 1.00. The second-order valence-corrected chi connectivity index (χ2v) is 7.04. The molecule has 2 heteroatoms. The van der Waals surface area contributed by atoms with Crippen molar-refractivity contribution >= 4 is 10.9 Å². The third-order valence-corrected chi connectivity index (χ3v) is 5.32. The SMILES string of the molecule is Cc1ccc(C(C)(c2cn(C)c3ccc(F)cc23)C(C)C)cc1. The molecule has 0 amide bonds. The smallest absolute Gasteiger partial charge is 0.123 e. The van der Waals surface area contributed by atoms with Gasteiger partial charge in [-0.15, -0.1) is 0 Å². The van der Waals surface area contributed by atoms with E-state index >= 15 is 0 Å². The van der Waals surface area contributed by atoms with Crippen molar-refractivity contribution in [1.29, 1.82) is 0 Å². The van der Waals surface area contributed by atoms with Crippen molar-refractivity contribution in [1.82, 2.24) is 4.57 Å². The Hall–Kier alpha value is -2.09. The molecule has 0 N–H and O–H groups in total. The molecule has 1 atom stereocenters. The Balaban J connectivity index is 2.31. The number of hydrogen-bond acceptors (Lipinski definition) is 0. The maximum atomic E-state index is 13.9. The number of benzene rings is 2. The van der Waals surface area contributed by atoms with Crippen LogP contribution in [0.25, 0.3) is 10.9 Å². The zero-order valence-electron chi connectivity index (χ0n) is 14.5. The van der Waals surface area contributed by atoms with Crippen LogP contribution in [0.3, 0.4) is 0 Å². The minimum absolute atomic E-state index is 0.166. The highest BCUT2D eigenvalue weighted by Crippen LogP contribution is 2.42. The minimum atomic E-state index is -0.181. The first-order chi connectivity index (χ1) is 10.8. The van der Waals surface area contributed by atoms with Gasteiger partial charge in [-0.3, -0.25) is 0 Å². The monoisotopic (exact) mass is 309 g/mol. The lowest BCUT2D eigenvalue weighted by Gasteiger charge is -2.35. The fraction of sp³-hybridized carbons (Fsp3) is 0.333. The molecular formula is C21H24FN. The lowest BCUT2D eigenvalue weighted by molar-refractivity contribution is 0.407. The number of aromatic nitrogens is 1. The van der Waals surface area contributed by atoms with Gasteiger partial charge in [-0.05, 0) is 42.2 Å². The molecular weight excluding hydrogens is 285 g/mol. The van der Waals surface area contributed by atoms with Crippen LogP contribution in [0.2, 0.25) is 0 Å². The van der Waals surface area contributed by atoms with Gasteiger partial charge in [-0.25, -0.2) is 4.39 Å². The molecule has 3 aromatic rings. The van der Waals surface area contributed by atoms with Gasteiger partial charge in [0.2, 0.25) is 0 Å². The minimum Gasteiger partial charge on any atom is -0.350 e. The van der Waals surface area contributed by atoms with Crippen LogP contribution in [-0.4, -0.2) is 4.57 Å². The second kappa shape index (κ2) is 5.52. The van der Waals surface area contributed by atoms with E-state index in [1.54, 1.807) is 6.07 Å². The number of aryl methyl sites for hydroxylation is 2. The zero-order valence-corrected chi connectivity index (χ0v) is 14.5. The van der Waals surface area contributed by atoms with Crippen molar-refractivity contribution < 1.29 is 4.39 Å². The van der Waals surface area contributed by atoms with Crippen molar-refractivity contribution in [2.45, 2.75) is 33.1 Å². The molecule has 0 aliphatic heterocycles. The summed E-state index contributed by atoms with van der Waals surface area (Å²) in [5.74, 6) is 0.207. The van der Waals surface area contributed by atoms with Crippen molar-refractivity contribution in [3.63, 3.8) is 0 Å². The van der Waals surface area contributed by atoms with E-state index in [1.807, 2.05) is 13.1 Å². The third kappa shape index (κ3) is 2.46. The van der Waals surface area contributed by atoms with Gasteiger partial charge in [0.05, 0.1) is 0 Å². The third-order valence-electron chi connectivity index (χ3n) is 5.32. The first-order valence-corrected chi connectivity index (χ1v) is 8.16. The predicted molar refractivity (Wildman–Crippen MR) is 95.3 cm³/mol. The van der Waals surface area contributed by atoms with Gasteiger partial charge in [0.15, 0.2) is 0 Å². The Kier molecular flexibility index (Phi) is 3.79. The Labute approximate surface area is 137 Å². The highest BCUT2D eigenvalue weighted by molar-refractivity contribution is 5.86. The number of rotatable bonds is 3. The molecule has 0 aliphatic carbocycles. The van der Waals surface area contributed by atoms with Crippen LogP contribution in [0.5, 0.6) is 0 Å². The maximum Gasteiger partial charge on any atom is 0.123 e. The summed E-state index contributed by atoms with van der Waals surface area (Å²) < 4.78 is 16.0. The fourth-order valence-corrected chi connectivity index (χ4v) is 3.48. The van der Waals surface area contributed by atoms with Crippen LogP contribution in [0, 0.1) is 18.7 Å². The van der Waals surface area contributed by atoms with Crippen LogP contribution >= 0.6 is 0 Å². The van der Waals surface area contributed by atoms with Crippen LogP contribution in [-0.2, 0) is 12.5 Å². The molecule has 120 valence electrons. The molecule has 0 radical (unpaired) electrons. The number of fused-ring (bicyclic) bond motifs is 1. The van der Waals surface area contributed by atoms with E-state index < -0.39 is 0 Å². The average molecular weight is 309 g/mol. The lowest BCUT2D eigenvalue weighted by Crippen LogP contribution is -2.30. The van der Waals surface area contributed by atoms with Crippen molar-refractivity contribution in [3.05, 3.63) is 71.2 Å². The second-order valence-electron chi connectivity index (χ2n) is 7.04. The van der Waals surface area contributed by atoms with E-state index in [1.165, 1.54) is 22.8 Å². The molecule has 23 heavy (non-hydrogen) atoms. The highest BCUT2D eigenvalue weighted by atomic mass is 19.1. The summed E-state index contributed by atoms with van der Waals surface area (Å²) >= 11 is 0. The van der Waals surface area contributed by atoms with E-state index in [-0.39, 0.29) is 11.2 Å².